The molecule has 0 atom stereocenters. The van der Waals surface area contributed by atoms with E-state index < -0.39 is 0 Å². The topological polar surface area (TPSA) is 58.4 Å². The molecule has 7 nitrogen and oxygen atoms in total. The van der Waals surface area contributed by atoms with Crippen LogP contribution >= 0.6 is 22.7 Å². The molecule has 90 heavy (non-hydrogen) atoms. The van der Waals surface area contributed by atoms with E-state index in [9.17, 15) is 0 Å². The van der Waals surface area contributed by atoms with Crippen LogP contribution in [-0.2, 0) is 0 Å². The molecule has 0 aliphatic heterocycles. The summed E-state index contributed by atoms with van der Waals surface area (Å²) in [6, 6.07) is 104. The normalized spacial score (nSPS) is 12.2. The molecular formula is C81H47N7S2. The maximum atomic E-state index is 5.73. The highest BCUT2D eigenvalue weighted by molar-refractivity contribution is 7.26. The smallest absolute Gasteiger partial charge is 0.166 e. The monoisotopic (exact) mass is 1180 g/mol. The zero-order valence-corrected chi connectivity index (χ0v) is 49.7. The lowest BCUT2D eigenvalue weighted by Crippen LogP contribution is -2.05. The summed E-state index contributed by atoms with van der Waals surface area (Å²) in [7, 11) is 0. The second-order valence-corrected chi connectivity index (χ2v) is 25.4. The fourth-order valence-electron chi connectivity index (χ4n) is 14.9. The largest absolute Gasteiger partial charge is 0.308 e. The molecule has 0 saturated carbocycles. The van der Waals surface area contributed by atoms with Gasteiger partial charge in [-0.2, -0.15) is 0 Å². The standard InChI is InChI=1S/C81H47N7S2/c1-3-23-48(24-4-1)85-65-40-16-9-31-57(65)71-74-72(58-32-10-17-41-66(58)86(74)49-25-5-2-6-26-49)76-73(75(71)85)59-33-11-18-42-67(59)87(76)50-45-46-60(68(47-50)88-63-38-14-7-27-51(63)52-28-8-15-39-64(52)88)79-82-80(61-36-21-34-55-53-29-12-19-43-69(53)89-77(55)61)84-81(83-79)62-37-22-35-56-54-30-13-20-44-70(54)90-78(56)62/h1-47H. The maximum Gasteiger partial charge on any atom is 0.166 e. The third kappa shape index (κ3) is 6.95. The Balaban J connectivity index is 0.951. The molecular weight excluding hydrogens is 1140 g/mol. The summed E-state index contributed by atoms with van der Waals surface area (Å²) >= 11 is 3.58. The first kappa shape index (κ1) is 49.6. The molecule has 7 aromatic heterocycles. The van der Waals surface area contributed by atoms with Crippen LogP contribution in [-0.4, -0.2) is 33.2 Å². The summed E-state index contributed by atoms with van der Waals surface area (Å²) in [6.07, 6.45) is 0. The van der Waals surface area contributed by atoms with Gasteiger partial charge in [-0.05, 0) is 97.1 Å². The summed E-state index contributed by atoms with van der Waals surface area (Å²) in [4.78, 5) is 17.0. The van der Waals surface area contributed by atoms with Crippen molar-refractivity contribution >= 4 is 150 Å². The van der Waals surface area contributed by atoms with Gasteiger partial charge >= 0.3 is 0 Å². The van der Waals surface area contributed by atoms with Gasteiger partial charge in [0, 0.05) is 117 Å². The van der Waals surface area contributed by atoms with E-state index in [-0.39, 0.29) is 0 Å². The Hall–Kier alpha value is -11.5. The van der Waals surface area contributed by atoms with Crippen molar-refractivity contribution in [2.75, 3.05) is 0 Å². The molecule has 20 rings (SSSR count). The van der Waals surface area contributed by atoms with E-state index in [0.29, 0.717) is 17.5 Å². The van der Waals surface area contributed by atoms with Crippen LogP contribution in [0.2, 0.25) is 0 Å². The molecule has 20 aromatic rings. The third-order valence-electron chi connectivity index (χ3n) is 18.6. The van der Waals surface area contributed by atoms with Gasteiger partial charge in [-0.15, -0.1) is 22.7 Å². The molecule has 7 heterocycles. The number of para-hydroxylation sites is 7. The van der Waals surface area contributed by atoms with Gasteiger partial charge in [-0.25, -0.2) is 15.0 Å². The number of benzene rings is 13. The van der Waals surface area contributed by atoms with Crippen molar-refractivity contribution in [1.82, 2.24) is 33.2 Å². The summed E-state index contributed by atoms with van der Waals surface area (Å²) < 4.78 is 14.8. The van der Waals surface area contributed by atoms with Crippen molar-refractivity contribution in [1.29, 1.82) is 0 Å². The van der Waals surface area contributed by atoms with Gasteiger partial charge in [0.15, 0.2) is 17.5 Å². The Morgan fingerprint density at radius 3 is 1.00 bits per heavy atom. The Labute approximate surface area is 522 Å². The summed E-state index contributed by atoms with van der Waals surface area (Å²) in [5.41, 5.74) is 16.0. The second kappa shape index (κ2) is 19.0. The molecule has 0 amide bonds. The molecule has 13 aromatic carbocycles. The van der Waals surface area contributed by atoms with Crippen LogP contribution < -0.4 is 0 Å². The van der Waals surface area contributed by atoms with Gasteiger partial charge in [-0.1, -0.05) is 188 Å². The van der Waals surface area contributed by atoms with Crippen molar-refractivity contribution in [3.63, 3.8) is 0 Å². The molecule has 0 unspecified atom stereocenters. The van der Waals surface area contributed by atoms with Gasteiger partial charge in [-0.3, -0.25) is 0 Å². The number of fused-ring (bicyclic) bond motifs is 21. The predicted molar refractivity (Wildman–Crippen MR) is 379 cm³/mol. The van der Waals surface area contributed by atoms with Crippen molar-refractivity contribution in [3.05, 3.63) is 285 Å². The van der Waals surface area contributed by atoms with E-state index in [1.165, 1.54) is 57.9 Å². The van der Waals surface area contributed by atoms with Crippen LogP contribution in [0.1, 0.15) is 0 Å². The van der Waals surface area contributed by atoms with Crippen LogP contribution in [0, 0.1) is 0 Å². The molecule has 9 heteroatoms. The van der Waals surface area contributed by atoms with E-state index in [4.69, 9.17) is 15.0 Å². The van der Waals surface area contributed by atoms with Gasteiger partial charge in [0.1, 0.15) is 0 Å². The molecule has 0 spiro atoms. The Morgan fingerprint density at radius 2 is 0.567 bits per heavy atom. The number of nitrogens with zero attached hydrogens (tertiary/aromatic N) is 7. The Morgan fingerprint density at radius 1 is 0.233 bits per heavy atom. The quantitative estimate of drug-likeness (QED) is 0.160. The van der Waals surface area contributed by atoms with E-state index in [1.807, 2.05) is 0 Å². The van der Waals surface area contributed by atoms with E-state index in [0.717, 1.165) is 109 Å². The Kier molecular flexibility index (Phi) is 10.5. The number of hydrogen-bond donors (Lipinski definition) is 0. The zero-order chi connectivity index (χ0) is 58.7. The SMILES string of the molecule is c1ccc(-n2c3ccccc3c3c2c2c4ccccc4n(-c4ccc(-c5nc(-c6cccc7c6sc6ccccc67)nc(-c6cccc7c6sc6ccccc67)n5)c(-n5c6ccccc6c6ccccc65)c4)c2c2c4ccccc4n(-c4ccccc4)c32)cc1. The van der Waals surface area contributed by atoms with Crippen LogP contribution in [0.5, 0.6) is 0 Å². The average molecular weight is 1180 g/mol. The van der Waals surface area contributed by atoms with Crippen molar-refractivity contribution < 1.29 is 0 Å². The fourth-order valence-corrected chi connectivity index (χ4v) is 17.3. The van der Waals surface area contributed by atoms with Gasteiger partial charge in [0.2, 0.25) is 0 Å². The number of rotatable bonds is 7. The van der Waals surface area contributed by atoms with Gasteiger partial charge in [0.25, 0.3) is 0 Å². The minimum atomic E-state index is 0.583. The van der Waals surface area contributed by atoms with Crippen LogP contribution in [0.15, 0.2) is 285 Å². The second-order valence-electron chi connectivity index (χ2n) is 23.3. The summed E-state index contributed by atoms with van der Waals surface area (Å²) in [6.45, 7) is 0. The first-order chi connectivity index (χ1) is 44.7. The fraction of sp³-hybridized carbons (Fsp3) is 0. The molecule has 0 saturated heterocycles. The number of hydrogen-bond acceptors (Lipinski definition) is 5. The Bertz CT molecular complexity index is 6160. The van der Waals surface area contributed by atoms with E-state index in [1.54, 1.807) is 22.7 Å². The van der Waals surface area contributed by atoms with Gasteiger partial charge < -0.3 is 18.3 Å². The number of thiophene rings is 2. The molecule has 0 aliphatic carbocycles. The lowest BCUT2D eigenvalue weighted by molar-refractivity contribution is 1.06. The molecule has 418 valence electrons. The minimum Gasteiger partial charge on any atom is -0.308 e. The van der Waals surface area contributed by atoms with E-state index >= 15 is 0 Å². The lowest BCUT2D eigenvalue weighted by Gasteiger charge is -2.18. The van der Waals surface area contributed by atoms with Crippen molar-refractivity contribution in [2.24, 2.45) is 0 Å². The van der Waals surface area contributed by atoms with Crippen LogP contribution in [0.4, 0.5) is 0 Å². The van der Waals surface area contributed by atoms with Crippen molar-refractivity contribution in [2.45, 2.75) is 0 Å². The highest BCUT2D eigenvalue weighted by Crippen LogP contribution is 2.51. The summed E-state index contributed by atoms with van der Waals surface area (Å²) in [5.74, 6) is 1.83. The molecule has 0 radical (unpaired) electrons. The average Bonchev–Trinajstić information content (AvgIpc) is 1.51. The van der Waals surface area contributed by atoms with Crippen LogP contribution in [0.3, 0.4) is 0 Å². The molecule has 0 bridgehead atoms. The van der Waals surface area contributed by atoms with Gasteiger partial charge in [0.05, 0.1) is 49.8 Å². The predicted octanol–water partition coefficient (Wildman–Crippen LogP) is 22.0. The highest BCUT2D eigenvalue weighted by Gasteiger charge is 2.30. The minimum absolute atomic E-state index is 0.583. The lowest BCUT2D eigenvalue weighted by atomic mass is 10.0. The highest BCUT2D eigenvalue weighted by atomic mass is 32.1. The molecule has 0 aliphatic rings. The molecule has 0 N–H and O–H groups in total. The maximum absolute atomic E-state index is 5.73. The van der Waals surface area contributed by atoms with E-state index in [2.05, 4.69) is 303 Å². The van der Waals surface area contributed by atoms with Crippen LogP contribution in [0.25, 0.3) is 184 Å². The summed E-state index contributed by atoms with van der Waals surface area (Å²) in [5, 5.41) is 14.3. The molecule has 0 fully saturated rings. The first-order valence-electron chi connectivity index (χ1n) is 30.4. The van der Waals surface area contributed by atoms with Crippen molar-refractivity contribution in [3.8, 4) is 56.9 Å². The number of aromatic nitrogens is 7. The third-order valence-corrected chi connectivity index (χ3v) is 21.0. The zero-order valence-electron chi connectivity index (χ0n) is 48.1. The first-order valence-corrected chi connectivity index (χ1v) is 32.1.